The summed E-state index contributed by atoms with van der Waals surface area (Å²) in [5.41, 5.74) is 7.05. The summed E-state index contributed by atoms with van der Waals surface area (Å²) in [6.07, 6.45) is 0. The molecule has 0 spiro atoms. The molecule has 0 unspecified atom stereocenters. The van der Waals surface area contributed by atoms with E-state index < -0.39 is 0 Å². The van der Waals surface area contributed by atoms with Gasteiger partial charge in [0.2, 0.25) is 11.9 Å². The minimum Gasteiger partial charge on any atom is -0.467 e. The number of benzene rings is 1. The molecule has 0 aliphatic carbocycles. The average Bonchev–Trinajstić information content (AvgIpc) is 2.38. The molecule has 19 heavy (non-hydrogen) atoms. The van der Waals surface area contributed by atoms with Crippen molar-refractivity contribution in [3.8, 4) is 6.01 Å². The minimum absolute atomic E-state index is 0.0222. The monoisotopic (exact) mass is 259 g/mol. The zero-order chi connectivity index (χ0) is 13.8. The lowest BCUT2D eigenvalue weighted by Crippen LogP contribution is -2.15. The first-order valence-electron chi connectivity index (χ1n) is 5.52. The molecule has 2 aromatic rings. The Morgan fingerprint density at radius 3 is 2.53 bits per heavy atom. The lowest BCUT2D eigenvalue weighted by Gasteiger charge is -2.05. The number of nitrogens with one attached hydrogen (secondary N) is 1. The van der Waals surface area contributed by atoms with Gasteiger partial charge in [-0.1, -0.05) is 17.7 Å². The summed E-state index contributed by atoms with van der Waals surface area (Å²) in [6, 6.07) is 7.17. The molecule has 1 aromatic carbocycles. The molecule has 0 fully saturated rings. The molecule has 1 amide bonds. The predicted molar refractivity (Wildman–Crippen MR) is 69.9 cm³/mol. The van der Waals surface area contributed by atoms with Gasteiger partial charge in [-0.2, -0.15) is 15.0 Å². The number of nitrogens with zero attached hydrogens (tertiary/aromatic N) is 3. The van der Waals surface area contributed by atoms with Crippen molar-refractivity contribution in [3.63, 3.8) is 0 Å². The minimum atomic E-state index is -0.326. The van der Waals surface area contributed by atoms with Gasteiger partial charge in [-0.05, 0) is 19.1 Å². The number of nitrogens with two attached hydrogens (primary N) is 1. The zero-order valence-corrected chi connectivity index (χ0v) is 10.5. The van der Waals surface area contributed by atoms with Crippen LogP contribution in [-0.2, 0) is 0 Å². The van der Waals surface area contributed by atoms with Crippen LogP contribution in [0.3, 0.4) is 0 Å². The SMILES string of the molecule is COc1nc(N)nc(NC(=O)c2ccc(C)cc2)n1. The van der Waals surface area contributed by atoms with Crippen LogP contribution < -0.4 is 15.8 Å². The van der Waals surface area contributed by atoms with E-state index in [0.29, 0.717) is 5.56 Å². The molecule has 0 radical (unpaired) electrons. The number of carbonyl (C=O) groups excluding carboxylic acids is 1. The van der Waals surface area contributed by atoms with Crippen LogP contribution in [0.15, 0.2) is 24.3 Å². The third kappa shape index (κ3) is 3.15. The van der Waals surface area contributed by atoms with Crippen molar-refractivity contribution in [1.29, 1.82) is 0 Å². The van der Waals surface area contributed by atoms with E-state index in [-0.39, 0.29) is 23.8 Å². The van der Waals surface area contributed by atoms with Crippen molar-refractivity contribution in [2.75, 3.05) is 18.2 Å². The summed E-state index contributed by atoms with van der Waals surface area (Å²) >= 11 is 0. The van der Waals surface area contributed by atoms with Gasteiger partial charge in [0.25, 0.3) is 5.91 Å². The Balaban J connectivity index is 2.18. The van der Waals surface area contributed by atoms with Crippen molar-refractivity contribution >= 4 is 17.8 Å². The van der Waals surface area contributed by atoms with Gasteiger partial charge in [0.1, 0.15) is 0 Å². The number of hydrogen-bond acceptors (Lipinski definition) is 6. The fourth-order valence-corrected chi connectivity index (χ4v) is 1.40. The number of carbonyl (C=O) groups is 1. The Hall–Kier alpha value is -2.70. The fourth-order valence-electron chi connectivity index (χ4n) is 1.40. The van der Waals surface area contributed by atoms with Gasteiger partial charge in [-0.15, -0.1) is 0 Å². The first-order chi connectivity index (χ1) is 9.08. The van der Waals surface area contributed by atoms with E-state index in [2.05, 4.69) is 20.3 Å². The highest BCUT2D eigenvalue weighted by atomic mass is 16.5. The molecule has 7 heteroatoms. The van der Waals surface area contributed by atoms with Gasteiger partial charge in [-0.3, -0.25) is 10.1 Å². The van der Waals surface area contributed by atoms with Gasteiger partial charge in [-0.25, -0.2) is 0 Å². The largest absolute Gasteiger partial charge is 0.467 e. The molecule has 1 heterocycles. The molecule has 0 saturated heterocycles. The van der Waals surface area contributed by atoms with Crippen LogP contribution in [0.4, 0.5) is 11.9 Å². The maximum absolute atomic E-state index is 11.9. The summed E-state index contributed by atoms with van der Waals surface area (Å²) in [5, 5.41) is 2.53. The topological polar surface area (TPSA) is 103 Å². The Bertz CT molecular complexity index is 598. The van der Waals surface area contributed by atoms with Crippen LogP contribution in [0.2, 0.25) is 0 Å². The van der Waals surface area contributed by atoms with Crippen LogP contribution in [0, 0.1) is 6.92 Å². The van der Waals surface area contributed by atoms with E-state index in [1.807, 2.05) is 19.1 Å². The van der Waals surface area contributed by atoms with Crippen molar-refractivity contribution in [2.24, 2.45) is 0 Å². The maximum Gasteiger partial charge on any atom is 0.322 e. The molecule has 0 aliphatic rings. The van der Waals surface area contributed by atoms with Crippen LogP contribution in [0.25, 0.3) is 0 Å². The Kier molecular flexibility index (Phi) is 3.56. The molecule has 0 bridgehead atoms. The second kappa shape index (κ2) is 5.30. The number of rotatable bonds is 3. The summed E-state index contributed by atoms with van der Waals surface area (Å²) in [7, 11) is 1.40. The Labute approximate surface area is 109 Å². The molecular formula is C12H13N5O2. The third-order valence-corrected chi connectivity index (χ3v) is 2.35. The van der Waals surface area contributed by atoms with E-state index in [4.69, 9.17) is 10.5 Å². The van der Waals surface area contributed by atoms with E-state index >= 15 is 0 Å². The lowest BCUT2D eigenvalue weighted by molar-refractivity contribution is 0.102. The highest BCUT2D eigenvalue weighted by molar-refractivity contribution is 6.03. The summed E-state index contributed by atoms with van der Waals surface area (Å²) in [5.74, 6) is -0.298. The van der Waals surface area contributed by atoms with E-state index in [0.717, 1.165) is 5.56 Å². The summed E-state index contributed by atoms with van der Waals surface area (Å²) in [4.78, 5) is 23.4. The Morgan fingerprint density at radius 1 is 1.21 bits per heavy atom. The summed E-state index contributed by atoms with van der Waals surface area (Å²) in [6.45, 7) is 1.94. The molecule has 7 nitrogen and oxygen atoms in total. The number of anilines is 2. The Morgan fingerprint density at radius 2 is 1.89 bits per heavy atom. The second-order valence-electron chi connectivity index (χ2n) is 3.82. The number of aryl methyl sites for hydroxylation is 1. The molecule has 98 valence electrons. The maximum atomic E-state index is 11.9. The molecule has 0 aliphatic heterocycles. The van der Waals surface area contributed by atoms with Gasteiger partial charge < -0.3 is 10.5 Å². The standard InChI is InChI=1S/C12H13N5O2/c1-7-3-5-8(6-4-7)9(18)14-11-15-10(13)16-12(17-11)19-2/h3-6H,1-2H3,(H3,13,14,15,16,17,18). The highest BCUT2D eigenvalue weighted by Crippen LogP contribution is 2.10. The summed E-state index contributed by atoms with van der Waals surface area (Å²) < 4.78 is 4.85. The normalized spacial score (nSPS) is 10.0. The van der Waals surface area contributed by atoms with E-state index in [1.54, 1.807) is 12.1 Å². The van der Waals surface area contributed by atoms with Gasteiger partial charge >= 0.3 is 6.01 Å². The first-order valence-corrected chi connectivity index (χ1v) is 5.52. The van der Waals surface area contributed by atoms with Gasteiger partial charge in [0, 0.05) is 5.56 Å². The van der Waals surface area contributed by atoms with Crippen LogP contribution >= 0.6 is 0 Å². The molecule has 0 atom stereocenters. The molecule has 2 rings (SSSR count). The van der Waals surface area contributed by atoms with E-state index in [1.165, 1.54) is 7.11 Å². The van der Waals surface area contributed by atoms with Gasteiger partial charge in [0.15, 0.2) is 0 Å². The van der Waals surface area contributed by atoms with Crippen molar-refractivity contribution in [1.82, 2.24) is 15.0 Å². The number of aromatic nitrogens is 3. The lowest BCUT2D eigenvalue weighted by atomic mass is 10.1. The smallest absolute Gasteiger partial charge is 0.322 e. The number of nitrogen functional groups attached to an aromatic ring is 1. The van der Waals surface area contributed by atoms with Gasteiger partial charge in [0.05, 0.1) is 7.11 Å². The molecule has 3 N–H and O–H groups in total. The van der Waals surface area contributed by atoms with E-state index in [9.17, 15) is 4.79 Å². The number of ether oxygens (including phenoxy) is 1. The average molecular weight is 259 g/mol. The molecule has 1 aromatic heterocycles. The number of amides is 1. The van der Waals surface area contributed by atoms with Crippen molar-refractivity contribution in [2.45, 2.75) is 6.92 Å². The second-order valence-corrected chi connectivity index (χ2v) is 3.82. The predicted octanol–water partition coefficient (Wildman–Crippen LogP) is 1.02. The van der Waals surface area contributed by atoms with Crippen LogP contribution in [0.5, 0.6) is 6.01 Å². The quantitative estimate of drug-likeness (QED) is 0.853. The van der Waals surface area contributed by atoms with Crippen LogP contribution in [0.1, 0.15) is 15.9 Å². The zero-order valence-electron chi connectivity index (χ0n) is 10.5. The fraction of sp³-hybridized carbons (Fsp3) is 0.167. The first kappa shape index (κ1) is 12.7. The molecular weight excluding hydrogens is 246 g/mol. The highest BCUT2D eigenvalue weighted by Gasteiger charge is 2.10. The van der Waals surface area contributed by atoms with Crippen LogP contribution in [-0.4, -0.2) is 28.0 Å². The van der Waals surface area contributed by atoms with Crippen molar-refractivity contribution < 1.29 is 9.53 Å². The van der Waals surface area contributed by atoms with Crippen molar-refractivity contribution in [3.05, 3.63) is 35.4 Å². The molecule has 0 saturated carbocycles. The number of hydrogen-bond donors (Lipinski definition) is 2. The third-order valence-electron chi connectivity index (χ3n) is 2.35. The number of methoxy groups -OCH3 is 1.